The Morgan fingerprint density at radius 1 is 1.35 bits per heavy atom. The van der Waals surface area contributed by atoms with Crippen LogP contribution in [0.15, 0.2) is 24.3 Å². The fourth-order valence-corrected chi connectivity index (χ4v) is 3.12. The second kappa shape index (κ2) is 6.68. The van der Waals surface area contributed by atoms with Crippen LogP contribution in [0.2, 0.25) is 0 Å². The van der Waals surface area contributed by atoms with Crippen LogP contribution >= 0.6 is 0 Å². The molecule has 6 heteroatoms. The number of hydrogen-bond acceptors (Lipinski definition) is 4. The highest BCUT2D eigenvalue weighted by molar-refractivity contribution is 5.98. The third-order valence-electron chi connectivity index (χ3n) is 4.57. The summed E-state index contributed by atoms with van der Waals surface area (Å²) in [5, 5.41) is 0. The van der Waals surface area contributed by atoms with E-state index in [1.807, 2.05) is 37.2 Å². The molecule has 0 aromatic heterocycles. The van der Waals surface area contributed by atoms with Crippen molar-refractivity contribution in [1.29, 1.82) is 0 Å². The van der Waals surface area contributed by atoms with E-state index in [2.05, 4.69) is 11.0 Å². The SMILES string of the molecule is CN(C)C1Cc2ccccc2N(C(=O)CN2CCOCC2=O)C1. The van der Waals surface area contributed by atoms with E-state index in [-0.39, 0.29) is 31.0 Å². The number of fused-ring (bicyclic) bond motifs is 1. The molecular weight excluding hydrogens is 294 g/mol. The van der Waals surface area contributed by atoms with Crippen LogP contribution in [-0.2, 0) is 20.7 Å². The molecule has 6 nitrogen and oxygen atoms in total. The molecule has 0 saturated carbocycles. The van der Waals surface area contributed by atoms with Gasteiger partial charge in [0.2, 0.25) is 11.8 Å². The minimum Gasteiger partial charge on any atom is -0.370 e. The van der Waals surface area contributed by atoms with Crippen LogP contribution in [0.3, 0.4) is 0 Å². The maximum Gasteiger partial charge on any atom is 0.249 e. The lowest BCUT2D eigenvalue weighted by Crippen LogP contribution is -2.52. The van der Waals surface area contributed by atoms with Gasteiger partial charge in [-0.15, -0.1) is 0 Å². The van der Waals surface area contributed by atoms with Crippen LogP contribution < -0.4 is 4.90 Å². The molecule has 1 atom stereocenters. The van der Waals surface area contributed by atoms with Crippen LogP contribution in [0.4, 0.5) is 5.69 Å². The van der Waals surface area contributed by atoms with Crippen molar-refractivity contribution >= 4 is 17.5 Å². The monoisotopic (exact) mass is 317 g/mol. The Morgan fingerprint density at radius 2 is 2.13 bits per heavy atom. The van der Waals surface area contributed by atoms with Gasteiger partial charge in [0.25, 0.3) is 0 Å². The number of benzene rings is 1. The first-order chi connectivity index (χ1) is 11.1. The quantitative estimate of drug-likeness (QED) is 0.808. The molecule has 2 heterocycles. The Kier molecular flexibility index (Phi) is 4.63. The Labute approximate surface area is 136 Å². The number of carbonyl (C=O) groups excluding carboxylic acids is 2. The van der Waals surface area contributed by atoms with Crippen molar-refractivity contribution in [3.8, 4) is 0 Å². The molecule has 0 bridgehead atoms. The highest BCUT2D eigenvalue weighted by Gasteiger charge is 2.31. The molecule has 2 aliphatic rings. The van der Waals surface area contributed by atoms with E-state index in [0.29, 0.717) is 19.7 Å². The van der Waals surface area contributed by atoms with E-state index in [1.54, 1.807) is 4.90 Å². The van der Waals surface area contributed by atoms with Crippen molar-refractivity contribution in [3.63, 3.8) is 0 Å². The Hall–Kier alpha value is -1.92. The van der Waals surface area contributed by atoms with Gasteiger partial charge in [-0.1, -0.05) is 18.2 Å². The number of anilines is 1. The topological polar surface area (TPSA) is 53.1 Å². The lowest BCUT2D eigenvalue weighted by Gasteiger charge is -2.38. The Balaban J connectivity index is 1.79. The maximum atomic E-state index is 12.8. The molecule has 124 valence electrons. The molecule has 1 aromatic carbocycles. The van der Waals surface area contributed by atoms with Crippen molar-refractivity contribution in [1.82, 2.24) is 9.80 Å². The molecule has 0 spiro atoms. The second-order valence-electron chi connectivity index (χ2n) is 6.32. The van der Waals surface area contributed by atoms with Gasteiger partial charge in [-0.05, 0) is 32.1 Å². The normalized spacial score (nSPS) is 21.5. The third kappa shape index (κ3) is 3.38. The van der Waals surface area contributed by atoms with E-state index >= 15 is 0 Å². The highest BCUT2D eigenvalue weighted by atomic mass is 16.5. The zero-order chi connectivity index (χ0) is 16.4. The zero-order valence-electron chi connectivity index (χ0n) is 13.7. The molecule has 1 unspecified atom stereocenters. The first kappa shape index (κ1) is 16.0. The fraction of sp³-hybridized carbons (Fsp3) is 0.529. The number of ether oxygens (including phenoxy) is 1. The lowest BCUT2D eigenvalue weighted by molar-refractivity contribution is -0.145. The maximum absolute atomic E-state index is 12.8. The minimum atomic E-state index is -0.112. The molecule has 1 fully saturated rings. The zero-order valence-corrected chi connectivity index (χ0v) is 13.7. The summed E-state index contributed by atoms with van der Waals surface area (Å²) < 4.78 is 5.12. The molecule has 0 radical (unpaired) electrons. The standard InChI is InChI=1S/C17H23N3O3/c1-18(2)14-9-13-5-3-4-6-15(13)20(10-14)16(21)11-19-7-8-23-12-17(19)22/h3-6,14H,7-12H2,1-2H3. The second-order valence-corrected chi connectivity index (χ2v) is 6.32. The summed E-state index contributed by atoms with van der Waals surface area (Å²) in [6.07, 6.45) is 0.934. The fourth-order valence-electron chi connectivity index (χ4n) is 3.12. The summed E-state index contributed by atoms with van der Waals surface area (Å²) in [5.41, 5.74) is 2.15. The summed E-state index contributed by atoms with van der Waals surface area (Å²) >= 11 is 0. The van der Waals surface area contributed by atoms with Gasteiger partial charge in [0.1, 0.15) is 13.2 Å². The van der Waals surface area contributed by atoms with Gasteiger partial charge in [0, 0.05) is 24.8 Å². The number of rotatable bonds is 3. The van der Waals surface area contributed by atoms with E-state index in [0.717, 1.165) is 12.1 Å². The summed E-state index contributed by atoms with van der Waals surface area (Å²) in [5.74, 6) is -0.140. The summed E-state index contributed by atoms with van der Waals surface area (Å²) in [4.78, 5) is 30.2. The lowest BCUT2D eigenvalue weighted by atomic mass is 9.97. The molecule has 23 heavy (non-hydrogen) atoms. The molecule has 0 aliphatic carbocycles. The molecule has 0 N–H and O–H groups in total. The molecule has 1 aromatic rings. The van der Waals surface area contributed by atoms with Gasteiger partial charge in [0.05, 0.1) is 6.61 Å². The Morgan fingerprint density at radius 3 is 2.87 bits per heavy atom. The number of nitrogens with zero attached hydrogens (tertiary/aromatic N) is 3. The van der Waals surface area contributed by atoms with Crippen molar-refractivity contribution in [3.05, 3.63) is 29.8 Å². The number of morpholine rings is 1. The van der Waals surface area contributed by atoms with E-state index in [1.165, 1.54) is 5.56 Å². The number of para-hydroxylation sites is 1. The molecular formula is C17H23N3O3. The average molecular weight is 317 g/mol. The Bertz CT molecular complexity index is 603. The van der Waals surface area contributed by atoms with Crippen LogP contribution in [-0.4, -0.2) is 74.6 Å². The minimum absolute atomic E-state index is 0.0285. The number of carbonyl (C=O) groups is 2. The largest absolute Gasteiger partial charge is 0.370 e. The van der Waals surface area contributed by atoms with Crippen LogP contribution in [0.1, 0.15) is 5.56 Å². The van der Waals surface area contributed by atoms with Gasteiger partial charge >= 0.3 is 0 Å². The van der Waals surface area contributed by atoms with Crippen LogP contribution in [0, 0.1) is 0 Å². The van der Waals surface area contributed by atoms with Gasteiger partial charge < -0.3 is 19.4 Å². The molecule has 2 amide bonds. The van der Waals surface area contributed by atoms with Gasteiger partial charge in [-0.3, -0.25) is 9.59 Å². The van der Waals surface area contributed by atoms with E-state index in [4.69, 9.17) is 4.74 Å². The molecule has 1 saturated heterocycles. The molecule has 2 aliphatic heterocycles. The van der Waals surface area contributed by atoms with Gasteiger partial charge in [0.15, 0.2) is 0 Å². The summed E-state index contributed by atoms with van der Waals surface area (Å²) in [7, 11) is 4.07. The summed E-state index contributed by atoms with van der Waals surface area (Å²) in [6, 6.07) is 8.31. The van der Waals surface area contributed by atoms with Crippen LogP contribution in [0.5, 0.6) is 0 Å². The van der Waals surface area contributed by atoms with Crippen molar-refractivity contribution in [2.75, 3.05) is 51.8 Å². The predicted octanol–water partition coefficient (Wildman–Crippen LogP) is 0.365. The van der Waals surface area contributed by atoms with E-state index in [9.17, 15) is 9.59 Å². The number of amides is 2. The van der Waals surface area contributed by atoms with Crippen molar-refractivity contribution in [2.45, 2.75) is 12.5 Å². The third-order valence-corrected chi connectivity index (χ3v) is 4.57. The van der Waals surface area contributed by atoms with E-state index < -0.39 is 0 Å². The first-order valence-corrected chi connectivity index (χ1v) is 7.96. The smallest absolute Gasteiger partial charge is 0.249 e. The number of likely N-dealkylation sites (N-methyl/N-ethyl adjacent to an activating group) is 1. The molecule has 3 rings (SSSR count). The first-order valence-electron chi connectivity index (χ1n) is 7.96. The van der Waals surface area contributed by atoms with Gasteiger partial charge in [-0.2, -0.15) is 0 Å². The van der Waals surface area contributed by atoms with Crippen LogP contribution in [0.25, 0.3) is 0 Å². The van der Waals surface area contributed by atoms with Crippen molar-refractivity contribution < 1.29 is 14.3 Å². The van der Waals surface area contributed by atoms with Gasteiger partial charge in [-0.25, -0.2) is 0 Å². The highest BCUT2D eigenvalue weighted by Crippen LogP contribution is 2.28. The average Bonchev–Trinajstić information content (AvgIpc) is 2.55. The number of hydrogen-bond donors (Lipinski definition) is 0. The van der Waals surface area contributed by atoms with Crippen molar-refractivity contribution in [2.24, 2.45) is 0 Å². The predicted molar refractivity (Wildman–Crippen MR) is 87.4 cm³/mol. The summed E-state index contributed by atoms with van der Waals surface area (Å²) in [6.45, 7) is 1.83.